The van der Waals surface area contributed by atoms with E-state index in [4.69, 9.17) is 10.5 Å². The van der Waals surface area contributed by atoms with Gasteiger partial charge >= 0.3 is 6.09 Å². The van der Waals surface area contributed by atoms with Crippen LogP contribution in [0.3, 0.4) is 0 Å². The molecule has 0 heterocycles. The van der Waals surface area contributed by atoms with Gasteiger partial charge in [-0.1, -0.05) is 70.9 Å². The standard InChI is InChI=1S/C26H45N3O6S/c1-5-10-23(11-6-2)36(33,34)19-24(28-26(32)35-18-21-12-8-7-9-13-21)25(31)29(15-14-20(3)4)17-22(30)16-27/h7-9,12-13,20,22-24,30H,5-6,10-11,14-19,27H2,1-4H3,(H,28,32)/t22-,24+/m0/s1. The molecule has 2 amide bonds. The van der Waals surface area contributed by atoms with E-state index in [-0.39, 0.29) is 25.6 Å². The van der Waals surface area contributed by atoms with Crippen molar-refractivity contribution in [2.45, 2.75) is 83.8 Å². The number of nitrogens with zero attached hydrogens (tertiary/aromatic N) is 1. The van der Waals surface area contributed by atoms with E-state index in [1.807, 2.05) is 45.9 Å². The molecule has 36 heavy (non-hydrogen) atoms. The molecule has 1 aromatic rings. The van der Waals surface area contributed by atoms with Crippen molar-refractivity contribution in [3.8, 4) is 0 Å². The summed E-state index contributed by atoms with van der Waals surface area (Å²) in [6, 6.07) is 7.71. The molecule has 0 saturated heterocycles. The molecule has 0 unspecified atom stereocenters. The molecule has 0 aliphatic carbocycles. The Morgan fingerprint density at radius 1 is 1.08 bits per heavy atom. The quantitative estimate of drug-likeness (QED) is 0.283. The molecule has 0 spiro atoms. The molecule has 0 fully saturated rings. The molecule has 0 aliphatic rings. The Morgan fingerprint density at radius 2 is 1.69 bits per heavy atom. The van der Waals surface area contributed by atoms with Crippen molar-refractivity contribution in [3.63, 3.8) is 0 Å². The second kappa shape index (κ2) is 16.6. The molecule has 0 radical (unpaired) electrons. The fourth-order valence-corrected chi connectivity index (χ4v) is 6.00. The van der Waals surface area contributed by atoms with Gasteiger partial charge in [-0.15, -0.1) is 0 Å². The molecule has 206 valence electrons. The fraction of sp³-hybridized carbons (Fsp3) is 0.692. The van der Waals surface area contributed by atoms with Crippen LogP contribution in [-0.2, 0) is 26.0 Å². The third kappa shape index (κ3) is 11.7. The maximum atomic E-state index is 13.6. The van der Waals surface area contributed by atoms with Crippen LogP contribution in [0.25, 0.3) is 0 Å². The van der Waals surface area contributed by atoms with Crippen LogP contribution in [0.15, 0.2) is 30.3 Å². The first-order valence-corrected chi connectivity index (χ1v) is 14.6. The molecule has 9 nitrogen and oxygen atoms in total. The number of rotatable bonds is 17. The molecule has 2 atom stereocenters. The van der Waals surface area contributed by atoms with Gasteiger partial charge in [-0.05, 0) is 30.7 Å². The number of carbonyl (C=O) groups is 2. The van der Waals surface area contributed by atoms with E-state index in [9.17, 15) is 23.1 Å². The van der Waals surface area contributed by atoms with Crippen LogP contribution >= 0.6 is 0 Å². The van der Waals surface area contributed by atoms with Gasteiger partial charge in [0.05, 0.1) is 17.1 Å². The lowest BCUT2D eigenvalue weighted by molar-refractivity contribution is -0.134. The van der Waals surface area contributed by atoms with E-state index in [1.165, 1.54) is 4.90 Å². The first-order chi connectivity index (χ1) is 17.0. The predicted molar refractivity (Wildman–Crippen MR) is 142 cm³/mol. The average molecular weight is 528 g/mol. The Kier molecular flexibility index (Phi) is 14.6. The predicted octanol–water partition coefficient (Wildman–Crippen LogP) is 2.86. The van der Waals surface area contributed by atoms with Crippen molar-refractivity contribution in [3.05, 3.63) is 35.9 Å². The number of aliphatic hydroxyl groups is 1. The number of nitrogens with one attached hydrogen (secondary N) is 1. The minimum absolute atomic E-state index is 0.0163. The zero-order chi connectivity index (χ0) is 27.1. The number of aliphatic hydroxyl groups excluding tert-OH is 1. The lowest BCUT2D eigenvalue weighted by atomic mass is 10.1. The molecule has 4 N–H and O–H groups in total. The van der Waals surface area contributed by atoms with E-state index >= 15 is 0 Å². The van der Waals surface area contributed by atoms with Crippen LogP contribution in [0, 0.1) is 5.92 Å². The highest BCUT2D eigenvalue weighted by Gasteiger charge is 2.35. The molecule has 1 aromatic carbocycles. The van der Waals surface area contributed by atoms with Gasteiger partial charge in [-0.2, -0.15) is 0 Å². The van der Waals surface area contributed by atoms with E-state index in [0.717, 1.165) is 5.56 Å². The van der Waals surface area contributed by atoms with E-state index < -0.39 is 45.0 Å². The summed E-state index contributed by atoms with van der Waals surface area (Å²) in [6.07, 6.45) is 1.16. The molecule has 1 rings (SSSR count). The second-order valence-electron chi connectivity index (χ2n) is 9.64. The summed E-state index contributed by atoms with van der Waals surface area (Å²) in [7, 11) is -3.71. The molecular formula is C26H45N3O6S. The van der Waals surface area contributed by atoms with E-state index in [1.54, 1.807) is 12.1 Å². The van der Waals surface area contributed by atoms with Crippen molar-refractivity contribution in [2.75, 3.05) is 25.4 Å². The normalized spacial score (nSPS) is 13.4. The Morgan fingerprint density at radius 3 is 2.22 bits per heavy atom. The number of carbonyl (C=O) groups excluding carboxylic acids is 2. The van der Waals surface area contributed by atoms with Crippen molar-refractivity contribution >= 4 is 21.8 Å². The zero-order valence-corrected chi connectivity index (χ0v) is 23.0. The smallest absolute Gasteiger partial charge is 0.408 e. The largest absolute Gasteiger partial charge is 0.445 e. The van der Waals surface area contributed by atoms with Gasteiger partial charge in [0.2, 0.25) is 5.91 Å². The maximum Gasteiger partial charge on any atom is 0.408 e. The third-order valence-corrected chi connectivity index (χ3v) is 8.21. The molecule has 0 bridgehead atoms. The van der Waals surface area contributed by atoms with Crippen LogP contribution in [0.1, 0.15) is 65.4 Å². The van der Waals surface area contributed by atoms with Gasteiger partial charge in [0.25, 0.3) is 0 Å². The Labute approximate surface area is 216 Å². The van der Waals surface area contributed by atoms with Crippen molar-refractivity contribution in [2.24, 2.45) is 11.7 Å². The summed E-state index contributed by atoms with van der Waals surface area (Å²) in [5.41, 5.74) is 6.33. The molecule has 0 saturated carbocycles. The van der Waals surface area contributed by atoms with Crippen LogP contribution in [0.5, 0.6) is 0 Å². The summed E-state index contributed by atoms with van der Waals surface area (Å²) in [4.78, 5) is 27.6. The SMILES string of the molecule is CCCC(CCC)S(=O)(=O)C[C@@H](NC(=O)OCc1ccccc1)C(=O)N(CCC(C)C)C[C@@H](O)CN. The highest BCUT2D eigenvalue weighted by atomic mass is 32.2. The van der Waals surface area contributed by atoms with Crippen LogP contribution in [0.4, 0.5) is 4.79 Å². The first-order valence-electron chi connectivity index (χ1n) is 12.9. The van der Waals surface area contributed by atoms with Crippen LogP contribution in [0.2, 0.25) is 0 Å². The second-order valence-corrected chi connectivity index (χ2v) is 12.0. The summed E-state index contributed by atoms with van der Waals surface area (Å²) >= 11 is 0. The minimum atomic E-state index is -3.71. The number of alkyl carbamates (subject to hydrolysis) is 1. The topological polar surface area (TPSA) is 139 Å². The number of hydrogen-bond donors (Lipinski definition) is 3. The minimum Gasteiger partial charge on any atom is -0.445 e. The summed E-state index contributed by atoms with van der Waals surface area (Å²) in [5.74, 6) is -0.830. The lowest BCUT2D eigenvalue weighted by Crippen LogP contribution is -2.54. The summed E-state index contributed by atoms with van der Waals surface area (Å²) in [5, 5.41) is 12.0. The van der Waals surface area contributed by atoms with Gasteiger partial charge in [0.1, 0.15) is 12.6 Å². The maximum absolute atomic E-state index is 13.6. The van der Waals surface area contributed by atoms with Gasteiger partial charge < -0.3 is 25.8 Å². The number of hydrogen-bond acceptors (Lipinski definition) is 7. The van der Waals surface area contributed by atoms with Crippen LogP contribution < -0.4 is 11.1 Å². The molecule has 0 aliphatic heterocycles. The molecule has 0 aromatic heterocycles. The van der Waals surface area contributed by atoms with Gasteiger partial charge in [0.15, 0.2) is 9.84 Å². The monoisotopic (exact) mass is 527 g/mol. The molecule has 10 heteroatoms. The van der Waals surface area contributed by atoms with Gasteiger partial charge in [-0.3, -0.25) is 4.79 Å². The van der Waals surface area contributed by atoms with Crippen LogP contribution in [-0.4, -0.2) is 73.2 Å². The zero-order valence-electron chi connectivity index (χ0n) is 22.2. The molecular weight excluding hydrogens is 482 g/mol. The Hall–Kier alpha value is -2.17. The number of benzene rings is 1. The number of ether oxygens (including phenoxy) is 1. The van der Waals surface area contributed by atoms with E-state index in [0.29, 0.717) is 38.6 Å². The summed E-state index contributed by atoms with van der Waals surface area (Å²) < 4.78 is 31.9. The van der Waals surface area contributed by atoms with Crippen molar-refractivity contribution < 1.29 is 27.9 Å². The number of sulfone groups is 1. The average Bonchev–Trinajstić information content (AvgIpc) is 2.84. The number of nitrogens with two attached hydrogens (primary N) is 1. The van der Waals surface area contributed by atoms with E-state index in [2.05, 4.69) is 5.32 Å². The highest BCUT2D eigenvalue weighted by molar-refractivity contribution is 7.92. The highest BCUT2D eigenvalue weighted by Crippen LogP contribution is 2.18. The van der Waals surface area contributed by atoms with Crippen molar-refractivity contribution in [1.29, 1.82) is 0 Å². The first kappa shape index (κ1) is 31.9. The van der Waals surface area contributed by atoms with Crippen molar-refractivity contribution in [1.82, 2.24) is 10.2 Å². The van der Waals surface area contributed by atoms with Gasteiger partial charge in [0, 0.05) is 19.6 Å². The fourth-order valence-electron chi connectivity index (χ4n) is 3.85. The Balaban J connectivity index is 3.16. The number of amides is 2. The van der Waals surface area contributed by atoms with Gasteiger partial charge in [-0.25, -0.2) is 13.2 Å². The summed E-state index contributed by atoms with van der Waals surface area (Å²) in [6.45, 7) is 8.04. The third-order valence-electron chi connectivity index (χ3n) is 5.92. The lowest BCUT2D eigenvalue weighted by Gasteiger charge is -2.30. The Bertz CT molecular complexity index is 873.